The van der Waals surface area contributed by atoms with Crippen LogP contribution in [0.3, 0.4) is 0 Å². The van der Waals surface area contributed by atoms with E-state index in [-0.39, 0.29) is 5.41 Å². The molecular weight excluding hydrogens is 277 g/mol. The molecule has 0 aliphatic heterocycles. The van der Waals surface area contributed by atoms with Gasteiger partial charge in [0.05, 0.1) is 10.0 Å². The van der Waals surface area contributed by atoms with Crippen LogP contribution in [-0.2, 0) is 5.41 Å². The monoisotopic (exact) mass is 293 g/mol. The highest BCUT2D eigenvalue weighted by Crippen LogP contribution is 2.37. The molecule has 0 bridgehead atoms. The molecule has 0 spiro atoms. The van der Waals surface area contributed by atoms with E-state index in [2.05, 4.69) is 32.9 Å². The average Bonchev–Trinajstić information content (AvgIpc) is 2.27. The minimum absolute atomic E-state index is 0.132. The van der Waals surface area contributed by atoms with Gasteiger partial charge in [0.1, 0.15) is 0 Å². The van der Waals surface area contributed by atoms with Crippen molar-refractivity contribution in [3.63, 3.8) is 0 Å². The zero-order chi connectivity index (χ0) is 14.2. The third kappa shape index (κ3) is 3.05. The Bertz CT molecular complexity index is 572. The normalized spacial score (nSPS) is 11.6. The molecule has 19 heavy (non-hydrogen) atoms. The number of halogens is 2. The second-order valence-electron chi connectivity index (χ2n) is 5.69. The second kappa shape index (κ2) is 5.07. The molecule has 0 radical (unpaired) electrons. The summed E-state index contributed by atoms with van der Waals surface area (Å²) in [6.45, 7) is 6.56. The quantitative estimate of drug-likeness (QED) is 0.686. The first kappa shape index (κ1) is 14.2. The predicted octanol–water partition coefficient (Wildman–Crippen LogP) is 5.54. The van der Waals surface area contributed by atoms with Gasteiger partial charge in [-0.3, -0.25) is 0 Å². The van der Waals surface area contributed by atoms with E-state index in [1.165, 1.54) is 5.56 Å². The Kier molecular flexibility index (Phi) is 3.80. The molecule has 0 saturated heterocycles. The molecule has 0 heterocycles. The van der Waals surface area contributed by atoms with Crippen LogP contribution in [0.4, 0.5) is 5.69 Å². The summed E-state index contributed by atoms with van der Waals surface area (Å²) >= 11 is 12.5. The molecule has 0 saturated carbocycles. The van der Waals surface area contributed by atoms with Crippen LogP contribution in [0.1, 0.15) is 26.3 Å². The van der Waals surface area contributed by atoms with Gasteiger partial charge in [-0.05, 0) is 28.7 Å². The Morgan fingerprint density at radius 1 is 0.895 bits per heavy atom. The first-order valence-electron chi connectivity index (χ1n) is 6.14. The van der Waals surface area contributed by atoms with E-state index in [9.17, 15) is 0 Å². The fourth-order valence-electron chi connectivity index (χ4n) is 2.01. The molecule has 0 unspecified atom stereocenters. The largest absolute Gasteiger partial charge is 0.399 e. The third-order valence-corrected chi connectivity index (χ3v) is 3.70. The summed E-state index contributed by atoms with van der Waals surface area (Å²) in [5.74, 6) is 0. The van der Waals surface area contributed by atoms with Crippen molar-refractivity contribution in [3.05, 3.63) is 52.0 Å². The topological polar surface area (TPSA) is 26.0 Å². The first-order valence-corrected chi connectivity index (χ1v) is 6.90. The van der Waals surface area contributed by atoms with Crippen molar-refractivity contribution in [2.24, 2.45) is 0 Å². The van der Waals surface area contributed by atoms with Crippen LogP contribution in [0, 0.1) is 0 Å². The molecule has 1 nitrogen and oxygen atoms in total. The zero-order valence-electron chi connectivity index (χ0n) is 11.3. The third-order valence-electron chi connectivity index (χ3n) is 3.10. The highest BCUT2D eigenvalue weighted by Gasteiger charge is 2.15. The van der Waals surface area contributed by atoms with Crippen LogP contribution >= 0.6 is 23.2 Å². The fourth-order valence-corrected chi connectivity index (χ4v) is 2.73. The van der Waals surface area contributed by atoms with E-state index in [0.29, 0.717) is 15.7 Å². The van der Waals surface area contributed by atoms with Crippen molar-refractivity contribution in [2.45, 2.75) is 26.2 Å². The molecule has 0 amide bonds. The minimum Gasteiger partial charge on any atom is -0.399 e. The van der Waals surface area contributed by atoms with Crippen molar-refractivity contribution in [2.75, 3.05) is 5.73 Å². The first-order chi connectivity index (χ1) is 8.79. The average molecular weight is 294 g/mol. The van der Waals surface area contributed by atoms with E-state index in [0.717, 1.165) is 11.1 Å². The predicted molar refractivity (Wildman–Crippen MR) is 85.0 cm³/mol. The number of hydrogen-bond acceptors (Lipinski definition) is 1. The Morgan fingerprint density at radius 2 is 1.37 bits per heavy atom. The van der Waals surface area contributed by atoms with E-state index in [4.69, 9.17) is 28.9 Å². The molecule has 0 aliphatic rings. The van der Waals surface area contributed by atoms with Crippen molar-refractivity contribution < 1.29 is 0 Å². The molecule has 0 aliphatic carbocycles. The standard InChI is InChI=1S/C16H17Cl2N/c1-16(2,3)11-6-4-10(5-7-11)15-13(17)8-12(19)9-14(15)18/h4-9H,19H2,1-3H3. The summed E-state index contributed by atoms with van der Waals surface area (Å²) in [5, 5.41) is 1.15. The van der Waals surface area contributed by atoms with Gasteiger partial charge in [-0.2, -0.15) is 0 Å². The molecule has 2 aromatic rings. The summed E-state index contributed by atoms with van der Waals surface area (Å²) in [7, 11) is 0. The van der Waals surface area contributed by atoms with Crippen molar-refractivity contribution in [1.82, 2.24) is 0 Å². The Balaban J connectivity index is 2.49. The molecular formula is C16H17Cl2N. The SMILES string of the molecule is CC(C)(C)c1ccc(-c2c(Cl)cc(N)cc2Cl)cc1. The van der Waals surface area contributed by atoms with Crippen LogP contribution in [0.5, 0.6) is 0 Å². The Labute approximate surface area is 124 Å². The van der Waals surface area contributed by atoms with Gasteiger partial charge < -0.3 is 5.73 Å². The van der Waals surface area contributed by atoms with Crippen LogP contribution in [0.15, 0.2) is 36.4 Å². The molecule has 2 N–H and O–H groups in total. The van der Waals surface area contributed by atoms with E-state index < -0.39 is 0 Å². The maximum absolute atomic E-state index is 6.23. The lowest BCUT2D eigenvalue weighted by molar-refractivity contribution is 0.590. The smallest absolute Gasteiger partial charge is 0.0519 e. The Morgan fingerprint density at radius 3 is 1.79 bits per heavy atom. The summed E-state index contributed by atoms with van der Waals surface area (Å²) in [6, 6.07) is 11.8. The lowest BCUT2D eigenvalue weighted by Gasteiger charge is -2.19. The molecule has 100 valence electrons. The second-order valence-corrected chi connectivity index (χ2v) is 6.50. The van der Waals surface area contributed by atoms with Gasteiger partial charge in [-0.1, -0.05) is 68.2 Å². The van der Waals surface area contributed by atoms with E-state index >= 15 is 0 Å². The Hall–Kier alpha value is -1.18. The maximum Gasteiger partial charge on any atom is 0.0519 e. The lowest BCUT2D eigenvalue weighted by Crippen LogP contribution is -2.10. The van der Waals surface area contributed by atoms with Gasteiger partial charge in [0.15, 0.2) is 0 Å². The zero-order valence-corrected chi connectivity index (χ0v) is 12.8. The van der Waals surface area contributed by atoms with Gasteiger partial charge in [0.2, 0.25) is 0 Å². The summed E-state index contributed by atoms with van der Waals surface area (Å²) < 4.78 is 0. The molecule has 0 aromatic heterocycles. The van der Waals surface area contributed by atoms with Crippen LogP contribution < -0.4 is 5.73 Å². The molecule has 2 aromatic carbocycles. The molecule has 2 rings (SSSR count). The van der Waals surface area contributed by atoms with Gasteiger partial charge in [-0.15, -0.1) is 0 Å². The van der Waals surface area contributed by atoms with Crippen LogP contribution in [0.25, 0.3) is 11.1 Å². The van der Waals surface area contributed by atoms with Crippen LogP contribution in [0.2, 0.25) is 10.0 Å². The minimum atomic E-state index is 0.132. The highest BCUT2D eigenvalue weighted by molar-refractivity contribution is 6.39. The number of rotatable bonds is 1. The molecule has 0 atom stereocenters. The van der Waals surface area contributed by atoms with Crippen molar-refractivity contribution in [3.8, 4) is 11.1 Å². The molecule has 0 fully saturated rings. The van der Waals surface area contributed by atoms with Gasteiger partial charge >= 0.3 is 0 Å². The van der Waals surface area contributed by atoms with Gasteiger partial charge in [-0.25, -0.2) is 0 Å². The maximum atomic E-state index is 6.23. The number of anilines is 1. The molecule has 3 heteroatoms. The highest BCUT2D eigenvalue weighted by atomic mass is 35.5. The van der Waals surface area contributed by atoms with Gasteiger partial charge in [0.25, 0.3) is 0 Å². The number of nitrogens with two attached hydrogens (primary N) is 1. The summed E-state index contributed by atoms with van der Waals surface area (Å²) in [5.41, 5.74) is 9.54. The fraction of sp³-hybridized carbons (Fsp3) is 0.250. The van der Waals surface area contributed by atoms with Crippen molar-refractivity contribution in [1.29, 1.82) is 0 Å². The lowest BCUT2D eigenvalue weighted by atomic mass is 9.86. The van der Waals surface area contributed by atoms with E-state index in [1.807, 2.05) is 12.1 Å². The number of benzene rings is 2. The van der Waals surface area contributed by atoms with Crippen LogP contribution in [-0.4, -0.2) is 0 Å². The number of hydrogen-bond donors (Lipinski definition) is 1. The van der Waals surface area contributed by atoms with Gasteiger partial charge in [0, 0.05) is 11.3 Å². The summed E-state index contributed by atoms with van der Waals surface area (Å²) in [4.78, 5) is 0. The number of nitrogen functional groups attached to an aromatic ring is 1. The summed E-state index contributed by atoms with van der Waals surface area (Å²) in [6.07, 6.45) is 0. The van der Waals surface area contributed by atoms with E-state index in [1.54, 1.807) is 12.1 Å². The van der Waals surface area contributed by atoms with Crippen molar-refractivity contribution >= 4 is 28.9 Å².